The number of ether oxygens (including phenoxy) is 1. The molecule has 1 aliphatic heterocycles. The lowest BCUT2D eigenvalue weighted by Gasteiger charge is -2.08. The van der Waals surface area contributed by atoms with Gasteiger partial charge < -0.3 is 10.1 Å². The van der Waals surface area contributed by atoms with Crippen molar-refractivity contribution in [2.45, 2.75) is 65.6 Å². The highest BCUT2D eigenvalue weighted by atomic mass is 16.6. The molecule has 1 amide bonds. The number of hydrogen-bond donors (Lipinski definition) is 1. The molecule has 0 radical (unpaired) electrons. The van der Waals surface area contributed by atoms with Crippen molar-refractivity contribution in [1.29, 1.82) is 0 Å². The molecule has 2 aliphatic rings. The number of fused-ring (bicyclic) bond motifs is 1. The topological polar surface area (TPSA) is 75.8 Å². The molecular formula is C21H27NO4. The average Bonchev–Trinajstić information content (AvgIpc) is 3.33. The largest absolute Gasteiger partial charge is 0.352 e. The van der Waals surface area contributed by atoms with Gasteiger partial charge in [-0.1, -0.05) is 28.9 Å². The molecule has 0 saturated carbocycles. The molecule has 1 fully saturated rings. The van der Waals surface area contributed by atoms with Crippen LogP contribution in [0.15, 0.2) is 46.7 Å². The van der Waals surface area contributed by atoms with E-state index in [1.54, 1.807) is 0 Å². The van der Waals surface area contributed by atoms with E-state index in [-0.39, 0.29) is 17.3 Å². The van der Waals surface area contributed by atoms with Crippen LogP contribution < -0.4 is 5.32 Å². The summed E-state index contributed by atoms with van der Waals surface area (Å²) in [7, 11) is 0. The van der Waals surface area contributed by atoms with Crippen LogP contribution in [0.1, 0.15) is 53.4 Å². The molecule has 26 heavy (non-hydrogen) atoms. The normalized spacial score (nSPS) is 22.5. The van der Waals surface area contributed by atoms with Crippen molar-refractivity contribution >= 4 is 17.5 Å². The van der Waals surface area contributed by atoms with E-state index in [4.69, 9.17) is 4.74 Å². The van der Waals surface area contributed by atoms with E-state index in [0.29, 0.717) is 0 Å². The standard InChI is InChI=1S/C21H27NO4/c1-13(2)7-5-8-14(3)9-6-10-15(4)11-18(24)22-16-12-17(23)20-21(26-20)19(16)25/h7,9,11-12,20-21H,5-6,8,10H2,1-4H3,(H,22,24)/b14-9+,15-11+. The van der Waals surface area contributed by atoms with Gasteiger partial charge in [0.05, 0.1) is 5.70 Å². The summed E-state index contributed by atoms with van der Waals surface area (Å²) in [5.41, 5.74) is 3.62. The van der Waals surface area contributed by atoms with Crippen LogP contribution in [-0.4, -0.2) is 29.7 Å². The smallest absolute Gasteiger partial charge is 0.248 e. The predicted molar refractivity (Wildman–Crippen MR) is 100 cm³/mol. The van der Waals surface area contributed by atoms with Crippen molar-refractivity contribution in [2.75, 3.05) is 0 Å². The number of rotatable bonds is 8. The molecule has 0 aromatic heterocycles. The molecule has 2 atom stereocenters. The molecule has 1 aliphatic carbocycles. The summed E-state index contributed by atoms with van der Waals surface area (Å²) in [6.07, 6.45) is 9.47. The van der Waals surface area contributed by atoms with Crippen molar-refractivity contribution in [3.8, 4) is 0 Å². The van der Waals surface area contributed by atoms with E-state index in [9.17, 15) is 14.4 Å². The first-order chi connectivity index (χ1) is 12.3. The maximum absolute atomic E-state index is 12.0. The van der Waals surface area contributed by atoms with Crippen LogP contribution in [0.4, 0.5) is 0 Å². The van der Waals surface area contributed by atoms with Gasteiger partial charge in [0.1, 0.15) is 0 Å². The first kappa shape index (κ1) is 20.0. The molecule has 1 N–H and O–H groups in total. The maximum atomic E-state index is 12.0. The second kappa shape index (κ2) is 8.90. The van der Waals surface area contributed by atoms with Crippen molar-refractivity contribution in [3.63, 3.8) is 0 Å². The zero-order chi connectivity index (χ0) is 19.3. The molecule has 0 spiro atoms. The summed E-state index contributed by atoms with van der Waals surface area (Å²) < 4.78 is 4.98. The Labute approximate surface area is 154 Å². The highest BCUT2D eigenvalue weighted by molar-refractivity contribution is 6.17. The van der Waals surface area contributed by atoms with Gasteiger partial charge in [0.2, 0.25) is 11.7 Å². The molecule has 140 valence electrons. The summed E-state index contributed by atoms with van der Waals surface area (Å²) in [4.78, 5) is 35.5. The number of hydrogen-bond acceptors (Lipinski definition) is 4. The Hall–Kier alpha value is -2.27. The minimum Gasteiger partial charge on any atom is -0.352 e. The molecule has 2 unspecified atom stereocenters. The minimum atomic E-state index is -0.702. The predicted octanol–water partition coefficient (Wildman–Crippen LogP) is 3.32. The van der Waals surface area contributed by atoms with Crippen molar-refractivity contribution in [1.82, 2.24) is 5.32 Å². The Morgan fingerprint density at radius 3 is 2.38 bits per heavy atom. The van der Waals surface area contributed by atoms with Crippen LogP contribution in [0, 0.1) is 0 Å². The Balaban J connectivity index is 1.78. The lowest BCUT2D eigenvalue weighted by molar-refractivity contribution is -0.122. The second-order valence-corrected chi connectivity index (χ2v) is 7.19. The van der Waals surface area contributed by atoms with Gasteiger partial charge in [0.25, 0.3) is 0 Å². The molecular weight excluding hydrogens is 330 g/mol. The van der Waals surface area contributed by atoms with Gasteiger partial charge in [-0.2, -0.15) is 0 Å². The lowest BCUT2D eigenvalue weighted by atomic mass is 10.0. The number of allylic oxidation sites excluding steroid dienone is 5. The van der Waals surface area contributed by atoms with E-state index in [0.717, 1.165) is 37.3 Å². The zero-order valence-electron chi connectivity index (χ0n) is 15.9. The van der Waals surface area contributed by atoms with E-state index < -0.39 is 18.1 Å². The molecule has 1 saturated heterocycles. The number of carbonyl (C=O) groups is 3. The Bertz CT molecular complexity index is 720. The van der Waals surface area contributed by atoms with Crippen molar-refractivity contribution < 1.29 is 19.1 Å². The van der Waals surface area contributed by atoms with Crippen LogP contribution in [0.3, 0.4) is 0 Å². The summed E-state index contributed by atoms with van der Waals surface area (Å²) >= 11 is 0. The Morgan fingerprint density at radius 2 is 1.69 bits per heavy atom. The fourth-order valence-corrected chi connectivity index (χ4v) is 2.78. The summed E-state index contributed by atoms with van der Waals surface area (Å²) in [5, 5.41) is 2.50. The van der Waals surface area contributed by atoms with E-state index >= 15 is 0 Å². The quantitative estimate of drug-likeness (QED) is 0.411. The summed E-state index contributed by atoms with van der Waals surface area (Å²) in [6.45, 7) is 8.20. The highest BCUT2D eigenvalue weighted by Gasteiger charge is 2.53. The van der Waals surface area contributed by atoms with Gasteiger partial charge >= 0.3 is 0 Å². The van der Waals surface area contributed by atoms with E-state index in [1.807, 2.05) is 6.92 Å². The molecule has 0 aromatic carbocycles. The average molecular weight is 357 g/mol. The van der Waals surface area contributed by atoms with Crippen LogP contribution in [0.2, 0.25) is 0 Å². The second-order valence-electron chi connectivity index (χ2n) is 7.19. The van der Waals surface area contributed by atoms with Crippen molar-refractivity contribution in [3.05, 3.63) is 46.7 Å². The number of ketones is 2. The number of amides is 1. The maximum Gasteiger partial charge on any atom is 0.248 e. The summed E-state index contributed by atoms with van der Waals surface area (Å²) in [6, 6.07) is 0. The molecule has 0 aromatic rings. The van der Waals surface area contributed by atoms with Gasteiger partial charge in [-0.3, -0.25) is 14.4 Å². The number of carbonyl (C=O) groups excluding carboxylic acids is 3. The van der Waals surface area contributed by atoms with Crippen molar-refractivity contribution in [2.24, 2.45) is 0 Å². The van der Waals surface area contributed by atoms with Gasteiger partial charge in [-0.25, -0.2) is 0 Å². The Morgan fingerprint density at radius 1 is 1.04 bits per heavy atom. The third kappa shape index (κ3) is 5.92. The number of epoxide rings is 1. The third-order valence-corrected chi connectivity index (χ3v) is 4.34. The molecule has 5 nitrogen and oxygen atoms in total. The third-order valence-electron chi connectivity index (χ3n) is 4.34. The first-order valence-electron chi connectivity index (χ1n) is 9.00. The minimum absolute atomic E-state index is 0.0258. The van der Waals surface area contributed by atoms with Crippen LogP contribution in [0.25, 0.3) is 0 Å². The monoisotopic (exact) mass is 357 g/mol. The first-order valence-corrected chi connectivity index (χ1v) is 9.00. The highest BCUT2D eigenvalue weighted by Crippen LogP contribution is 2.30. The molecule has 2 rings (SSSR count). The molecule has 1 heterocycles. The fraction of sp³-hybridized carbons (Fsp3) is 0.476. The van der Waals surface area contributed by atoms with Gasteiger partial charge in [-0.05, 0) is 53.4 Å². The van der Waals surface area contributed by atoms with E-state index in [2.05, 4.69) is 38.2 Å². The van der Waals surface area contributed by atoms with E-state index in [1.165, 1.54) is 17.2 Å². The van der Waals surface area contributed by atoms with Crippen LogP contribution >= 0.6 is 0 Å². The molecule has 5 heteroatoms. The number of nitrogens with one attached hydrogen (secondary N) is 1. The summed E-state index contributed by atoms with van der Waals surface area (Å²) in [5.74, 6) is -0.985. The zero-order valence-corrected chi connectivity index (χ0v) is 15.9. The van der Waals surface area contributed by atoms with Gasteiger partial charge in [0, 0.05) is 12.2 Å². The van der Waals surface area contributed by atoms with Crippen LogP contribution in [0.5, 0.6) is 0 Å². The molecule has 0 bridgehead atoms. The van der Waals surface area contributed by atoms with Crippen LogP contribution in [-0.2, 0) is 19.1 Å². The lowest BCUT2D eigenvalue weighted by Crippen LogP contribution is -2.33. The Kier molecular flexibility index (Phi) is 6.86. The SMILES string of the molecule is CC(C)=CCC/C(C)=C/CC/C(C)=C/C(=O)NC1=CC(=O)C2OC2C1=O. The van der Waals surface area contributed by atoms with Gasteiger partial charge in [0.15, 0.2) is 18.0 Å². The van der Waals surface area contributed by atoms with Gasteiger partial charge in [-0.15, -0.1) is 0 Å². The fourth-order valence-electron chi connectivity index (χ4n) is 2.78. The number of Topliss-reactive ketones (excluding diaryl/α,β-unsaturated/α-hetero) is 1.